The van der Waals surface area contributed by atoms with Crippen LogP contribution in [0.5, 0.6) is 0 Å². The highest BCUT2D eigenvalue weighted by molar-refractivity contribution is 6.33. The van der Waals surface area contributed by atoms with E-state index in [1.54, 1.807) is 18.3 Å². The van der Waals surface area contributed by atoms with Crippen LogP contribution in [0.2, 0.25) is 5.02 Å². The molecule has 3 nitrogen and oxygen atoms in total. The minimum atomic E-state index is 0.450. The van der Waals surface area contributed by atoms with Crippen molar-refractivity contribution >= 4 is 17.9 Å². The topological polar surface area (TPSA) is 34.9 Å². The molecule has 15 heavy (non-hydrogen) atoms. The van der Waals surface area contributed by atoms with E-state index in [2.05, 4.69) is 4.98 Å². The average molecular weight is 221 g/mol. The molecule has 0 aliphatic carbocycles. The Morgan fingerprint density at radius 1 is 1.47 bits per heavy atom. The molecule has 0 aliphatic heterocycles. The Balaban J connectivity index is 2.52. The summed E-state index contributed by atoms with van der Waals surface area (Å²) in [5.74, 6) is 0.828. The maximum absolute atomic E-state index is 10.6. The van der Waals surface area contributed by atoms with Gasteiger partial charge in [0, 0.05) is 30.6 Å². The summed E-state index contributed by atoms with van der Waals surface area (Å²) in [7, 11) is 1.91. The van der Waals surface area contributed by atoms with Crippen LogP contribution in [0.25, 0.3) is 11.4 Å². The molecule has 0 bridgehead atoms. The fourth-order valence-electron chi connectivity index (χ4n) is 1.41. The number of halogens is 1. The fraction of sp³-hybridized carbons (Fsp3) is 0.0909. The summed E-state index contributed by atoms with van der Waals surface area (Å²) in [6.45, 7) is 0. The van der Waals surface area contributed by atoms with Gasteiger partial charge in [-0.25, -0.2) is 4.98 Å². The summed E-state index contributed by atoms with van der Waals surface area (Å²) in [4.78, 5) is 14.8. The summed E-state index contributed by atoms with van der Waals surface area (Å²) < 4.78 is 1.90. The first-order valence-electron chi connectivity index (χ1n) is 4.45. The first-order chi connectivity index (χ1) is 7.22. The smallest absolute Gasteiger partial charge is 0.151 e. The molecule has 1 aromatic heterocycles. The lowest BCUT2D eigenvalue weighted by Crippen LogP contribution is -1.92. The number of rotatable bonds is 2. The SMILES string of the molecule is Cn1ccnc1-c1ccc(C=O)c(Cl)c1. The van der Waals surface area contributed by atoms with Crippen molar-refractivity contribution in [2.45, 2.75) is 0 Å². The van der Waals surface area contributed by atoms with Crippen molar-refractivity contribution in [1.29, 1.82) is 0 Å². The minimum absolute atomic E-state index is 0.450. The van der Waals surface area contributed by atoms with Crippen molar-refractivity contribution in [2.24, 2.45) is 7.05 Å². The second-order valence-corrected chi connectivity index (χ2v) is 3.62. The van der Waals surface area contributed by atoms with Crippen LogP contribution in [0.4, 0.5) is 0 Å². The molecular formula is C11H9ClN2O. The van der Waals surface area contributed by atoms with E-state index in [0.29, 0.717) is 10.6 Å². The predicted octanol–water partition coefficient (Wildman–Crippen LogP) is 2.55. The quantitative estimate of drug-likeness (QED) is 0.729. The number of imidazole rings is 1. The zero-order valence-electron chi connectivity index (χ0n) is 8.14. The Labute approximate surface area is 92.3 Å². The molecule has 4 heteroatoms. The Bertz CT molecular complexity index is 505. The van der Waals surface area contributed by atoms with E-state index in [4.69, 9.17) is 11.6 Å². The summed E-state index contributed by atoms with van der Waals surface area (Å²) in [5, 5.41) is 0.450. The van der Waals surface area contributed by atoms with Crippen LogP contribution >= 0.6 is 11.6 Å². The summed E-state index contributed by atoms with van der Waals surface area (Å²) >= 11 is 5.93. The zero-order valence-corrected chi connectivity index (χ0v) is 8.90. The van der Waals surface area contributed by atoms with Gasteiger partial charge in [-0.15, -0.1) is 0 Å². The highest BCUT2D eigenvalue weighted by Crippen LogP contribution is 2.23. The molecule has 1 heterocycles. The highest BCUT2D eigenvalue weighted by atomic mass is 35.5. The number of hydrogen-bond donors (Lipinski definition) is 0. The normalized spacial score (nSPS) is 10.3. The van der Waals surface area contributed by atoms with Gasteiger partial charge in [0.15, 0.2) is 6.29 Å². The molecule has 0 amide bonds. The molecule has 0 saturated carbocycles. The van der Waals surface area contributed by atoms with Crippen molar-refractivity contribution in [3.8, 4) is 11.4 Å². The molecule has 0 N–H and O–H groups in total. The van der Waals surface area contributed by atoms with E-state index < -0.39 is 0 Å². The van der Waals surface area contributed by atoms with Gasteiger partial charge in [0.05, 0.1) is 5.02 Å². The van der Waals surface area contributed by atoms with Crippen molar-refractivity contribution in [3.63, 3.8) is 0 Å². The number of aromatic nitrogens is 2. The number of aryl methyl sites for hydroxylation is 1. The lowest BCUT2D eigenvalue weighted by atomic mass is 10.1. The maximum Gasteiger partial charge on any atom is 0.151 e. The molecule has 0 aliphatic rings. The predicted molar refractivity (Wildman–Crippen MR) is 59.0 cm³/mol. The maximum atomic E-state index is 10.6. The Hall–Kier alpha value is -1.61. The number of carbonyl (C=O) groups excluding carboxylic acids is 1. The molecule has 1 aromatic carbocycles. The summed E-state index contributed by atoms with van der Waals surface area (Å²) in [6.07, 6.45) is 4.32. The second kappa shape index (κ2) is 3.87. The third-order valence-electron chi connectivity index (χ3n) is 2.21. The van der Waals surface area contributed by atoms with E-state index in [9.17, 15) is 4.79 Å². The zero-order chi connectivity index (χ0) is 10.8. The molecule has 0 radical (unpaired) electrons. The minimum Gasteiger partial charge on any atom is -0.334 e. The van der Waals surface area contributed by atoms with Crippen LogP contribution in [-0.4, -0.2) is 15.8 Å². The fourth-order valence-corrected chi connectivity index (χ4v) is 1.63. The van der Waals surface area contributed by atoms with E-state index in [1.165, 1.54) is 0 Å². The standard InChI is InChI=1S/C11H9ClN2O/c1-14-5-4-13-11(14)8-2-3-9(7-15)10(12)6-8/h2-7H,1H3. The molecule has 76 valence electrons. The van der Waals surface area contributed by atoms with Crippen molar-refractivity contribution in [3.05, 3.63) is 41.2 Å². The molecule has 0 fully saturated rings. The average Bonchev–Trinajstić information content (AvgIpc) is 2.64. The van der Waals surface area contributed by atoms with Gasteiger partial charge >= 0.3 is 0 Å². The van der Waals surface area contributed by atoms with E-state index in [1.807, 2.05) is 23.9 Å². The van der Waals surface area contributed by atoms with Gasteiger partial charge in [-0.3, -0.25) is 4.79 Å². The molecule has 0 spiro atoms. The summed E-state index contributed by atoms with van der Waals surface area (Å²) in [5.41, 5.74) is 1.40. The van der Waals surface area contributed by atoms with Gasteiger partial charge in [-0.05, 0) is 12.1 Å². The van der Waals surface area contributed by atoms with Crippen LogP contribution in [0.15, 0.2) is 30.6 Å². The third kappa shape index (κ3) is 1.78. The molecule has 2 aromatic rings. The number of hydrogen-bond acceptors (Lipinski definition) is 2. The summed E-state index contributed by atoms with van der Waals surface area (Å²) in [6, 6.07) is 5.27. The van der Waals surface area contributed by atoms with Gasteiger partial charge in [0.1, 0.15) is 5.82 Å². The van der Waals surface area contributed by atoms with E-state index in [-0.39, 0.29) is 0 Å². The van der Waals surface area contributed by atoms with Crippen LogP contribution in [0.3, 0.4) is 0 Å². The Kier molecular flexibility index (Phi) is 2.56. The van der Waals surface area contributed by atoms with Crippen LogP contribution < -0.4 is 0 Å². The Morgan fingerprint density at radius 2 is 2.27 bits per heavy atom. The molecule has 2 rings (SSSR count). The van der Waals surface area contributed by atoms with Crippen molar-refractivity contribution in [1.82, 2.24) is 9.55 Å². The first-order valence-corrected chi connectivity index (χ1v) is 4.82. The lowest BCUT2D eigenvalue weighted by molar-refractivity contribution is 0.112. The van der Waals surface area contributed by atoms with Gasteiger partial charge in [0.25, 0.3) is 0 Å². The van der Waals surface area contributed by atoms with Gasteiger partial charge in [0.2, 0.25) is 0 Å². The van der Waals surface area contributed by atoms with E-state index >= 15 is 0 Å². The third-order valence-corrected chi connectivity index (χ3v) is 2.53. The van der Waals surface area contributed by atoms with Crippen molar-refractivity contribution < 1.29 is 4.79 Å². The van der Waals surface area contributed by atoms with Gasteiger partial charge in [-0.2, -0.15) is 0 Å². The highest BCUT2D eigenvalue weighted by Gasteiger charge is 2.06. The molecule has 0 atom stereocenters. The molecular weight excluding hydrogens is 212 g/mol. The van der Waals surface area contributed by atoms with Crippen LogP contribution in [-0.2, 0) is 7.05 Å². The van der Waals surface area contributed by atoms with E-state index in [0.717, 1.165) is 17.7 Å². The Morgan fingerprint density at radius 3 is 2.80 bits per heavy atom. The largest absolute Gasteiger partial charge is 0.334 e. The monoisotopic (exact) mass is 220 g/mol. The van der Waals surface area contributed by atoms with Gasteiger partial charge < -0.3 is 4.57 Å². The second-order valence-electron chi connectivity index (χ2n) is 3.22. The van der Waals surface area contributed by atoms with Crippen LogP contribution in [0.1, 0.15) is 10.4 Å². The number of benzene rings is 1. The van der Waals surface area contributed by atoms with Crippen LogP contribution in [0, 0.1) is 0 Å². The lowest BCUT2D eigenvalue weighted by Gasteiger charge is -2.03. The number of nitrogens with zero attached hydrogens (tertiary/aromatic N) is 2. The number of carbonyl (C=O) groups is 1. The molecule has 0 saturated heterocycles. The molecule has 0 unspecified atom stereocenters. The number of aldehydes is 1. The van der Waals surface area contributed by atoms with Crippen molar-refractivity contribution in [2.75, 3.05) is 0 Å². The van der Waals surface area contributed by atoms with Gasteiger partial charge in [-0.1, -0.05) is 17.7 Å². The first kappa shape index (κ1) is 9.93.